The van der Waals surface area contributed by atoms with Gasteiger partial charge in [-0.15, -0.1) is 0 Å². The first-order valence-corrected chi connectivity index (χ1v) is 5.41. The van der Waals surface area contributed by atoms with Crippen LogP contribution in [0.3, 0.4) is 0 Å². The zero-order valence-corrected chi connectivity index (χ0v) is 9.90. The highest BCUT2D eigenvalue weighted by Gasteiger charge is 2.10. The van der Waals surface area contributed by atoms with Gasteiger partial charge in [-0.2, -0.15) is 0 Å². The number of anilines is 1. The van der Waals surface area contributed by atoms with Crippen molar-refractivity contribution in [3.05, 3.63) is 58.9 Å². The summed E-state index contributed by atoms with van der Waals surface area (Å²) in [6.07, 6.45) is 1.49. The molecule has 0 spiro atoms. The van der Waals surface area contributed by atoms with E-state index in [1.165, 1.54) is 11.8 Å². The second-order valence-electron chi connectivity index (χ2n) is 4.10. The smallest absolute Gasteiger partial charge is 0.211 e. The van der Waals surface area contributed by atoms with Crippen molar-refractivity contribution in [2.24, 2.45) is 0 Å². The van der Waals surface area contributed by atoms with Crippen LogP contribution in [0.2, 0.25) is 0 Å². The van der Waals surface area contributed by atoms with Crippen molar-refractivity contribution in [3.8, 4) is 0 Å². The molecule has 0 bridgehead atoms. The molecule has 17 heavy (non-hydrogen) atoms. The van der Waals surface area contributed by atoms with Crippen molar-refractivity contribution >= 4 is 11.5 Å². The van der Waals surface area contributed by atoms with Crippen molar-refractivity contribution in [2.75, 3.05) is 5.73 Å². The van der Waals surface area contributed by atoms with E-state index >= 15 is 0 Å². The zero-order chi connectivity index (χ0) is 12.4. The lowest BCUT2D eigenvalue weighted by molar-refractivity contribution is 0.103. The average molecular weight is 226 g/mol. The third-order valence-electron chi connectivity index (χ3n) is 2.79. The maximum atomic E-state index is 12.1. The number of hydrogen-bond acceptors (Lipinski definition) is 3. The molecule has 3 heteroatoms. The average Bonchev–Trinajstić information content (AvgIpc) is 2.33. The van der Waals surface area contributed by atoms with Gasteiger partial charge < -0.3 is 5.73 Å². The van der Waals surface area contributed by atoms with Gasteiger partial charge >= 0.3 is 0 Å². The second-order valence-corrected chi connectivity index (χ2v) is 4.10. The molecule has 1 aromatic carbocycles. The summed E-state index contributed by atoms with van der Waals surface area (Å²) in [5.74, 6) is -0.0758. The minimum atomic E-state index is -0.0758. The van der Waals surface area contributed by atoms with Gasteiger partial charge in [0.25, 0.3) is 0 Å². The Hall–Kier alpha value is -2.16. The van der Waals surface area contributed by atoms with Crippen LogP contribution in [0.25, 0.3) is 0 Å². The van der Waals surface area contributed by atoms with Crippen LogP contribution in [0.5, 0.6) is 0 Å². The first-order valence-electron chi connectivity index (χ1n) is 5.41. The number of rotatable bonds is 2. The van der Waals surface area contributed by atoms with E-state index < -0.39 is 0 Å². The van der Waals surface area contributed by atoms with E-state index in [2.05, 4.69) is 4.98 Å². The van der Waals surface area contributed by atoms with Crippen LogP contribution < -0.4 is 5.73 Å². The van der Waals surface area contributed by atoms with Gasteiger partial charge in [-0.25, -0.2) is 0 Å². The molecule has 0 fully saturated rings. The molecule has 0 aliphatic rings. The van der Waals surface area contributed by atoms with Gasteiger partial charge in [-0.3, -0.25) is 9.78 Å². The van der Waals surface area contributed by atoms with Crippen LogP contribution in [-0.4, -0.2) is 10.8 Å². The molecule has 2 rings (SSSR count). The van der Waals surface area contributed by atoms with Crippen LogP contribution in [0, 0.1) is 13.8 Å². The number of aryl methyl sites for hydroxylation is 2. The Morgan fingerprint density at radius 1 is 1.12 bits per heavy atom. The van der Waals surface area contributed by atoms with Gasteiger partial charge in [0.1, 0.15) is 5.69 Å². The van der Waals surface area contributed by atoms with Crippen LogP contribution in [0.4, 0.5) is 5.69 Å². The summed E-state index contributed by atoms with van der Waals surface area (Å²) in [5.41, 5.74) is 9.45. The number of nitrogens with zero attached hydrogens (tertiary/aromatic N) is 1. The van der Waals surface area contributed by atoms with Crippen LogP contribution in [0.1, 0.15) is 27.2 Å². The molecular weight excluding hydrogens is 212 g/mol. The monoisotopic (exact) mass is 226 g/mol. The summed E-state index contributed by atoms with van der Waals surface area (Å²) in [5, 5.41) is 0. The van der Waals surface area contributed by atoms with Crippen molar-refractivity contribution < 1.29 is 4.79 Å². The van der Waals surface area contributed by atoms with Gasteiger partial charge in [0.2, 0.25) is 5.78 Å². The molecule has 0 amide bonds. The molecular formula is C14H14N2O. The highest BCUT2D eigenvalue weighted by Crippen LogP contribution is 2.13. The maximum Gasteiger partial charge on any atom is 0.211 e. The van der Waals surface area contributed by atoms with Crippen molar-refractivity contribution in [1.82, 2.24) is 4.98 Å². The molecule has 2 N–H and O–H groups in total. The van der Waals surface area contributed by atoms with E-state index in [0.717, 1.165) is 5.56 Å². The fraction of sp³-hybridized carbons (Fsp3) is 0.143. The van der Waals surface area contributed by atoms with Crippen LogP contribution >= 0.6 is 0 Å². The summed E-state index contributed by atoms with van der Waals surface area (Å²) >= 11 is 0. The number of aromatic nitrogens is 1. The third kappa shape index (κ3) is 2.33. The zero-order valence-electron chi connectivity index (χ0n) is 9.90. The number of carbonyl (C=O) groups is 1. The SMILES string of the molecule is Cc1ccc(C(=O)c2ccc(N)cn2)cc1C. The summed E-state index contributed by atoms with van der Waals surface area (Å²) < 4.78 is 0. The summed E-state index contributed by atoms with van der Waals surface area (Å²) in [7, 11) is 0. The van der Waals surface area contributed by atoms with E-state index in [4.69, 9.17) is 5.73 Å². The lowest BCUT2D eigenvalue weighted by Crippen LogP contribution is -2.04. The maximum absolute atomic E-state index is 12.1. The normalized spacial score (nSPS) is 10.2. The number of carbonyl (C=O) groups excluding carboxylic acids is 1. The Balaban J connectivity index is 2.37. The van der Waals surface area contributed by atoms with E-state index in [1.54, 1.807) is 12.1 Å². The Labute approximate surface area is 100 Å². The molecule has 2 aromatic rings. The molecule has 0 radical (unpaired) electrons. The first-order chi connectivity index (χ1) is 8.08. The Morgan fingerprint density at radius 2 is 1.88 bits per heavy atom. The van der Waals surface area contributed by atoms with Crippen LogP contribution in [0.15, 0.2) is 36.5 Å². The van der Waals surface area contributed by atoms with Gasteiger partial charge in [0.15, 0.2) is 0 Å². The first kappa shape index (κ1) is 11.3. The Kier molecular flexibility index (Phi) is 2.91. The van der Waals surface area contributed by atoms with E-state index in [-0.39, 0.29) is 5.78 Å². The molecule has 3 nitrogen and oxygen atoms in total. The highest BCUT2D eigenvalue weighted by atomic mass is 16.1. The van der Waals surface area contributed by atoms with Gasteiger partial charge in [-0.1, -0.05) is 12.1 Å². The largest absolute Gasteiger partial charge is 0.397 e. The molecule has 1 heterocycles. The molecule has 0 saturated heterocycles. The number of ketones is 1. The standard InChI is InChI=1S/C14H14N2O/c1-9-3-4-11(7-10(9)2)14(17)13-6-5-12(15)8-16-13/h3-8H,15H2,1-2H3. The fourth-order valence-electron chi connectivity index (χ4n) is 1.57. The third-order valence-corrected chi connectivity index (χ3v) is 2.79. The molecule has 86 valence electrons. The minimum Gasteiger partial charge on any atom is -0.397 e. The van der Waals surface area contributed by atoms with Crippen molar-refractivity contribution in [2.45, 2.75) is 13.8 Å². The minimum absolute atomic E-state index is 0.0758. The summed E-state index contributed by atoms with van der Waals surface area (Å²) in [4.78, 5) is 16.1. The Morgan fingerprint density at radius 3 is 2.47 bits per heavy atom. The van der Waals surface area contributed by atoms with Crippen LogP contribution in [-0.2, 0) is 0 Å². The molecule has 0 aliphatic carbocycles. The number of benzene rings is 1. The molecule has 0 aliphatic heterocycles. The van der Waals surface area contributed by atoms with Gasteiger partial charge in [0, 0.05) is 5.56 Å². The predicted molar refractivity (Wildman–Crippen MR) is 68.0 cm³/mol. The molecule has 0 saturated carbocycles. The summed E-state index contributed by atoms with van der Waals surface area (Å²) in [6.45, 7) is 4.01. The van der Waals surface area contributed by atoms with E-state index in [9.17, 15) is 4.79 Å². The lowest BCUT2D eigenvalue weighted by atomic mass is 10.0. The second kappa shape index (κ2) is 4.37. The lowest BCUT2D eigenvalue weighted by Gasteiger charge is -2.04. The predicted octanol–water partition coefficient (Wildman–Crippen LogP) is 2.51. The van der Waals surface area contributed by atoms with Crippen molar-refractivity contribution in [3.63, 3.8) is 0 Å². The quantitative estimate of drug-likeness (QED) is 0.800. The van der Waals surface area contributed by atoms with Gasteiger partial charge in [0.05, 0.1) is 11.9 Å². The molecule has 1 aromatic heterocycles. The molecule has 0 atom stereocenters. The number of pyridine rings is 1. The topological polar surface area (TPSA) is 56.0 Å². The summed E-state index contributed by atoms with van der Waals surface area (Å²) in [6, 6.07) is 8.98. The number of hydrogen-bond donors (Lipinski definition) is 1. The fourth-order valence-corrected chi connectivity index (χ4v) is 1.57. The highest BCUT2D eigenvalue weighted by molar-refractivity contribution is 6.07. The number of nitrogen functional groups attached to an aromatic ring is 1. The Bertz CT molecular complexity index is 559. The molecule has 0 unspecified atom stereocenters. The van der Waals surface area contributed by atoms with Crippen molar-refractivity contribution in [1.29, 1.82) is 0 Å². The van der Waals surface area contributed by atoms with E-state index in [0.29, 0.717) is 16.9 Å². The van der Waals surface area contributed by atoms with E-state index in [1.807, 2.05) is 32.0 Å². The number of nitrogens with two attached hydrogens (primary N) is 1. The van der Waals surface area contributed by atoms with Gasteiger partial charge in [-0.05, 0) is 43.2 Å².